The molecule has 0 amide bonds. The zero-order valence-electron chi connectivity index (χ0n) is 15.9. The third-order valence-corrected chi connectivity index (χ3v) is 4.34. The molecule has 144 valence electrons. The molecule has 2 aromatic carbocycles. The number of nitrogens with one attached hydrogen (secondary N) is 2. The molecule has 0 fully saturated rings. The Morgan fingerprint density at radius 1 is 1.04 bits per heavy atom. The van der Waals surface area contributed by atoms with E-state index in [4.69, 9.17) is 9.15 Å². The minimum Gasteiger partial charge on any atom is -0.459 e. The normalized spacial score (nSPS) is 11.3. The molecule has 6 heteroatoms. The maximum atomic E-state index is 5.94. The molecule has 0 aliphatic rings. The Morgan fingerprint density at radius 3 is 2.52 bits per heavy atom. The first-order valence-corrected chi connectivity index (χ1v) is 8.69. The number of fused-ring (bicyclic) bond motifs is 1. The summed E-state index contributed by atoms with van der Waals surface area (Å²) in [5.74, 6) is 1.67. The van der Waals surface area contributed by atoms with Gasteiger partial charge in [0.25, 0.3) is 0 Å². The standard InChI is InChI=1S/C21H25N3O2.HI/c1-15-18-9-4-5-10-19(18)26-20(15)13-24-21(22-2)23-12-16-7-6-8-17(11-16)14-25-3;/h4-11H,12-14H2,1-3H3,(H2,22,23,24);1H. The summed E-state index contributed by atoms with van der Waals surface area (Å²) in [6, 6.07) is 16.4. The van der Waals surface area contributed by atoms with Gasteiger partial charge in [0.1, 0.15) is 11.3 Å². The van der Waals surface area contributed by atoms with Crippen LogP contribution in [-0.2, 0) is 24.4 Å². The van der Waals surface area contributed by atoms with Crippen molar-refractivity contribution in [3.05, 3.63) is 71.0 Å². The first kappa shape index (κ1) is 21.2. The van der Waals surface area contributed by atoms with Crippen LogP contribution in [0.3, 0.4) is 0 Å². The van der Waals surface area contributed by atoms with Gasteiger partial charge in [-0.3, -0.25) is 4.99 Å². The Kier molecular flexibility index (Phi) is 8.12. The first-order chi connectivity index (χ1) is 12.7. The Balaban J connectivity index is 0.00000261. The fourth-order valence-electron chi connectivity index (χ4n) is 2.96. The van der Waals surface area contributed by atoms with Crippen LogP contribution in [0.1, 0.15) is 22.5 Å². The first-order valence-electron chi connectivity index (χ1n) is 8.69. The van der Waals surface area contributed by atoms with Crippen molar-refractivity contribution < 1.29 is 9.15 Å². The highest BCUT2D eigenvalue weighted by atomic mass is 127. The van der Waals surface area contributed by atoms with E-state index in [0.717, 1.165) is 33.8 Å². The number of hydrogen-bond donors (Lipinski definition) is 2. The van der Waals surface area contributed by atoms with E-state index in [-0.39, 0.29) is 24.0 Å². The van der Waals surface area contributed by atoms with Gasteiger partial charge in [0.2, 0.25) is 0 Å². The maximum Gasteiger partial charge on any atom is 0.191 e. The number of rotatable bonds is 6. The van der Waals surface area contributed by atoms with Gasteiger partial charge in [0.15, 0.2) is 5.96 Å². The summed E-state index contributed by atoms with van der Waals surface area (Å²) in [4.78, 5) is 4.29. The summed E-state index contributed by atoms with van der Waals surface area (Å²) < 4.78 is 11.1. The molecule has 0 unspecified atom stereocenters. The zero-order chi connectivity index (χ0) is 18.4. The number of ether oxygens (including phenoxy) is 1. The van der Waals surface area contributed by atoms with Crippen molar-refractivity contribution in [3.8, 4) is 0 Å². The van der Waals surface area contributed by atoms with Crippen molar-refractivity contribution in [1.29, 1.82) is 0 Å². The lowest BCUT2D eigenvalue weighted by molar-refractivity contribution is 0.185. The molecule has 5 nitrogen and oxygen atoms in total. The SMILES string of the molecule is CN=C(NCc1cccc(COC)c1)NCc1oc2ccccc2c1C.I. The van der Waals surface area contributed by atoms with Gasteiger partial charge in [-0.05, 0) is 24.1 Å². The number of benzene rings is 2. The second-order valence-electron chi connectivity index (χ2n) is 6.18. The van der Waals surface area contributed by atoms with Gasteiger partial charge in [-0.2, -0.15) is 0 Å². The highest BCUT2D eigenvalue weighted by Crippen LogP contribution is 2.24. The van der Waals surface area contributed by atoms with E-state index in [1.807, 2.05) is 24.3 Å². The summed E-state index contributed by atoms with van der Waals surface area (Å²) in [6.45, 7) is 3.98. The number of nitrogens with zero attached hydrogens (tertiary/aromatic N) is 1. The maximum absolute atomic E-state index is 5.94. The summed E-state index contributed by atoms with van der Waals surface area (Å²) >= 11 is 0. The van der Waals surface area contributed by atoms with Crippen LogP contribution in [0.2, 0.25) is 0 Å². The summed E-state index contributed by atoms with van der Waals surface area (Å²) in [5, 5.41) is 7.81. The monoisotopic (exact) mass is 479 g/mol. The number of guanidine groups is 1. The fourth-order valence-corrected chi connectivity index (χ4v) is 2.96. The predicted molar refractivity (Wildman–Crippen MR) is 121 cm³/mol. The van der Waals surface area contributed by atoms with Gasteiger partial charge in [0.05, 0.1) is 13.2 Å². The van der Waals surface area contributed by atoms with Crippen LogP contribution in [0.15, 0.2) is 57.9 Å². The van der Waals surface area contributed by atoms with Crippen LogP contribution in [0, 0.1) is 6.92 Å². The van der Waals surface area contributed by atoms with E-state index in [9.17, 15) is 0 Å². The quantitative estimate of drug-likeness (QED) is 0.313. The van der Waals surface area contributed by atoms with Crippen LogP contribution in [0.4, 0.5) is 0 Å². The molecule has 0 bridgehead atoms. The molecule has 0 radical (unpaired) electrons. The minimum absolute atomic E-state index is 0. The van der Waals surface area contributed by atoms with Crippen molar-refractivity contribution in [2.24, 2.45) is 4.99 Å². The lowest BCUT2D eigenvalue weighted by Gasteiger charge is -2.12. The molecule has 0 saturated carbocycles. The van der Waals surface area contributed by atoms with Crippen LogP contribution in [0.25, 0.3) is 11.0 Å². The van der Waals surface area contributed by atoms with Gasteiger partial charge in [-0.15, -0.1) is 24.0 Å². The van der Waals surface area contributed by atoms with Crippen molar-refractivity contribution >= 4 is 40.9 Å². The summed E-state index contributed by atoms with van der Waals surface area (Å²) in [6.07, 6.45) is 0. The number of furan rings is 1. The van der Waals surface area contributed by atoms with Crippen molar-refractivity contribution in [1.82, 2.24) is 10.6 Å². The Hall–Kier alpha value is -2.06. The van der Waals surface area contributed by atoms with Gasteiger partial charge < -0.3 is 19.8 Å². The lowest BCUT2D eigenvalue weighted by Crippen LogP contribution is -2.36. The molecule has 0 atom stereocenters. The third kappa shape index (κ3) is 5.46. The average Bonchev–Trinajstić information content (AvgIpc) is 2.99. The zero-order valence-corrected chi connectivity index (χ0v) is 18.2. The van der Waals surface area contributed by atoms with E-state index >= 15 is 0 Å². The molecular weight excluding hydrogens is 453 g/mol. The molecule has 0 aliphatic carbocycles. The largest absolute Gasteiger partial charge is 0.459 e. The van der Waals surface area contributed by atoms with E-state index in [1.165, 1.54) is 5.56 Å². The van der Waals surface area contributed by atoms with Crippen LogP contribution < -0.4 is 10.6 Å². The van der Waals surface area contributed by atoms with E-state index in [0.29, 0.717) is 19.7 Å². The second-order valence-corrected chi connectivity index (χ2v) is 6.18. The molecule has 3 aromatic rings. The third-order valence-electron chi connectivity index (χ3n) is 4.34. The Labute approximate surface area is 177 Å². The number of para-hydroxylation sites is 1. The predicted octanol–water partition coefficient (Wildman–Crippen LogP) is 4.37. The van der Waals surface area contributed by atoms with Gasteiger partial charge >= 0.3 is 0 Å². The summed E-state index contributed by atoms with van der Waals surface area (Å²) in [7, 11) is 3.47. The number of hydrogen-bond acceptors (Lipinski definition) is 3. The molecule has 0 aliphatic heterocycles. The van der Waals surface area contributed by atoms with Gasteiger partial charge in [-0.25, -0.2) is 0 Å². The van der Waals surface area contributed by atoms with E-state index in [1.54, 1.807) is 14.2 Å². The van der Waals surface area contributed by atoms with E-state index in [2.05, 4.69) is 46.8 Å². The molecule has 0 saturated heterocycles. The molecule has 27 heavy (non-hydrogen) atoms. The second kappa shape index (κ2) is 10.3. The van der Waals surface area contributed by atoms with Crippen molar-refractivity contribution in [2.45, 2.75) is 26.6 Å². The molecular formula is C21H26IN3O2. The highest BCUT2D eigenvalue weighted by Gasteiger charge is 2.10. The smallest absolute Gasteiger partial charge is 0.191 e. The fraction of sp³-hybridized carbons (Fsp3) is 0.286. The Bertz CT molecular complexity index is 905. The number of aryl methyl sites for hydroxylation is 1. The Morgan fingerprint density at radius 2 is 1.78 bits per heavy atom. The van der Waals surface area contributed by atoms with Crippen LogP contribution in [0.5, 0.6) is 0 Å². The minimum atomic E-state index is 0. The van der Waals surface area contributed by atoms with Gasteiger partial charge in [-0.1, -0.05) is 42.5 Å². The number of aliphatic imine (C=N–C) groups is 1. The lowest BCUT2D eigenvalue weighted by atomic mass is 10.1. The molecule has 3 rings (SSSR count). The summed E-state index contributed by atoms with van der Waals surface area (Å²) in [5.41, 5.74) is 4.42. The molecule has 1 heterocycles. The number of halogens is 1. The van der Waals surface area contributed by atoms with Crippen molar-refractivity contribution in [3.63, 3.8) is 0 Å². The highest BCUT2D eigenvalue weighted by molar-refractivity contribution is 14.0. The van der Waals surface area contributed by atoms with Crippen molar-refractivity contribution in [2.75, 3.05) is 14.2 Å². The molecule has 0 spiro atoms. The molecule has 1 aromatic heterocycles. The number of methoxy groups -OCH3 is 1. The van der Waals surface area contributed by atoms with Crippen LogP contribution >= 0.6 is 24.0 Å². The van der Waals surface area contributed by atoms with E-state index < -0.39 is 0 Å². The van der Waals surface area contributed by atoms with Gasteiger partial charge in [0, 0.05) is 31.7 Å². The molecule has 2 N–H and O–H groups in total. The topological polar surface area (TPSA) is 58.8 Å². The van der Waals surface area contributed by atoms with Crippen LogP contribution in [-0.4, -0.2) is 20.1 Å². The average molecular weight is 479 g/mol.